The molecule has 35 heavy (non-hydrogen) atoms. The van der Waals surface area contributed by atoms with Crippen molar-refractivity contribution in [1.82, 2.24) is 30.0 Å². The number of carbonyl (C=O) groups is 1. The van der Waals surface area contributed by atoms with E-state index in [1.165, 1.54) is 11.1 Å². The highest BCUT2D eigenvalue weighted by Gasteiger charge is 2.33. The van der Waals surface area contributed by atoms with Gasteiger partial charge in [0.1, 0.15) is 0 Å². The number of likely N-dealkylation sites (tertiary alicyclic amines) is 1. The van der Waals surface area contributed by atoms with Crippen LogP contribution >= 0.6 is 0 Å². The van der Waals surface area contributed by atoms with Gasteiger partial charge in [-0.2, -0.15) is 5.10 Å². The number of anilines is 2. The number of carbonyl (C=O) groups excluding carboxylic acids is 1. The summed E-state index contributed by atoms with van der Waals surface area (Å²) >= 11 is 0. The van der Waals surface area contributed by atoms with Crippen LogP contribution in [0.15, 0.2) is 42.9 Å². The minimum atomic E-state index is -0.00236. The van der Waals surface area contributed by atoms with Crippen LogP contribution in [-0.2, 0) is 18.2 Å². The molecule has 1 atom stereocenters. The van der Waals surface area contributed by atoms with Crippen LogP contribution in [0.1, 0.15) is 50.3 Å². The van der Waals surface area contributed by atoms with Crippen LogP contribution in [0.3, 0.4) is 0 Å². The molecule has 1 fully saturated rings. The van der Waals surface area contributed by atoms with Crippen molar-refractivity contribution < 1.29 is 9.53 Å². The molecule has 1 aromatic carbocycles. The average molecular weight is 476 g/mol. The lowest BCUT2D eigenvalue weighted by molar-refractivity contribution is -0.0644. The Balaban J connectivity index is 1.29. The van der Waals surface area contributed by atoms with Crippen LogP contribution < -0.4 is 10.6 Å². The summed E-state index contributed by atoms with van der Waals surface area (Å²) in [6.07, 6.45) is 9.85. The van der Waals surface area contributed by atoms with Crippen molar-refractivity contribution in [2.24, 2.45) is 7.05 Å². The molecule has 9 heteroatoms. The molecule has 1 saturated heterocycles. The van der Waals surface area contributed by atoms with Crippen molar-refractivity contribution in [2.75, 3.05) is 18.4 Å². The van der Waals surface area contributed by atoms with E-state index in [0.717, 1.165) is 42.6 Å². The quantitative estimate of drug-likeness (QED) is 0.519. The third-order valence-electron chi connectivity index (χ3n) is 6.52. The molecular weight excluding hydrogens is 442 g/mol. The maximum atomic E-state index is 12.9. The Morgan fingerprint density at radius 2 is 2.06 bits per heavy atom. The number of hydrogen-bond donors (Lipinski definition) is 2. The van der Waals surface area contributed by atoms with Crippen molar-refractivity contribution in [3.63, 3.8) is 0 Å². The molecule has 3 aromatic rings. The van der Waals surface area contributed by atoms with Gasteiger partial charge in [-0.05, 0) is 56.4 Å². The zero-order valence-electron chi connectivity index (χ0n) is 20.6. The van der Waals surface area contributed by atoms with Gasteiger partial charge in [-0.25, -0.2) is 14.8 Å². The molecule has 184 valence electrons. The smallest absolute Gasteiger partial charge is 0.318 e. The summed E-state index contributed by atoms with van der Waals surface area (Å²) < 4.78 is 7.52. The van der Waals surface area contributed by atoms with Gasteiger partial charge < -0.3 is 20.3 Å². The first-order valence-electron chi connectivity index (χ1n) is 12.4. The van der Waals surface area contributed by atoms with Gasteiger partial charge >= 0.3 is 6.03 Å². The molecule has 2 aromatic heterocycles. The zero-order valence-corrected chi connectivity index (χ0v) is 20.6. The number of ether oxygens (including phenoxy) is 1. The number of amides is 2. The van der Waals surface area contributed by atoms with E-state index >= 15 is 0 Å². The van der Waals surface area contributed by atoms with E-state index in [2.05, 4.69) is 38.9 Å². The van der Waals surface area contributed by atoms with Crippen LogP contribution in [-0.4, -0.2) is 56.0 Å². The number of urea groups is 1. The molecule has 2 aliphatic rings. The van der Waals surface area contributed by atoms with Gasteiger partial charge in [-0.3, -0.25) is 4.68 Å². The SMILES string of the molecule is CC(C)OC1CN(C(=O)N[C@@H]2CCCCc3cc(-c4ccnc(Nc5cnn(C)c5)n4)ccc32)C1. The Morgan fingerprint density at radius 1 is 1.20 bits per heavy atom. The van der Waals surface area contributed by atoms with E-state index in [9.17, 15) is 4.79 Å². The van der Waals surface area contributed by atoms with Crippen LogP contribution in [0, 0.1) is 0 Å². The predicted molar refractivity (Wildman–Crippen MR) is 134 cm³/mol. The van der Waals surface area contributed by atoms with Gasteiger partial charge in [-0.1, -0.05) is 18.6 Å². The lowest BCUT2D eigenvalue weighted by Crippen LogP contribution is -2.58. The number of aryl methyl sites for hydroxylation is 2. The molecule has 2 amide bonds. The summed E-state index contributed by atoms with van der Waals surface area (Å²) in [6, 6.07) is 8.40. The Hall–Kier alpha value is -3.46. The second-order valence-corrected chi connectivity index (χ2v) is 9.67. The topological polar surface area (TPSA) is 97.2 Å². The van der Waals surface area contributed by atoms with Gasteiger partial charge in [0.25, 0.3) is 0 Å². The number of aromatic nitrogens is 4. The summed E-state index contributed by atoms with van der Waals surface area (Å²) in [7, 11) is 1.87. The lowest BCUT2D eigenvalue weighted by atomic mass is 9.95. The van der Waals surface area contributed by atoms with Crippen LogP contribution in [0.5, 0.6) is 0 Å². The lowest BCUT2D eigenvalue weighted by Gasteiger charge is -2.40. The molecule has 0 bridgehead atoms. The van der Waals surface area contributed by atoms with Crippen molar-refractivity contribution >= 4 is 17.7 Å². The van der Waals surface area contributed by atoms with Gasteiger partial charge in [0.05, 0.1) is 48.9 Å². The van der Waals surface area contributed by atoms with E-state index in [1.807, 2.05) is 38.1 Å². The monoisotopic (exact) mass is 475 g/mol. The molecule has 1 aliphatic heterocycles. The number of nitrogens with zero attached hydrogens (tertiary/aromatic N) is 5. The van der Waals surface area contributed by atoms with Crippen LogP contribution in [0.25, 0.3) is 11.3 Å². The first kappa shape index (κ1) is 23.3. The minimum absolute atomic E-state index is 0.00236. The maximum Gasteiger partial charge on any atom is 0.318 e. The summed E-state index contributed by atoms with van der Waals surface area (Å²) in [5, 5.41) is 10.7. The van der Waals surface area contributed by atoms with Gasteiger partial charge in [-0.15, -0.1) is 0 Å². The molecule has 1 aliphatic carbocycles. The highest BCUT2D eigenvalue weighted by Crippen LogP contribution is 2.32. The number of benzene rings is 1. The zero-order chi connectivity index (χ0) is 24.4. The maximum absolute atomic E-state index is 12.9. The molecule has 9 nitrogen and oxygen atoms in total. The number of rotatable bonds is 6. The van der Waals surface area contributed by atoms with Crippen LogP contribution in [0.2, 0.25) is 0 Å². The average Bonchev–Trinajstić information content (AvgIpc) is 3.11. The minimum Gasteiger partial charge on any atom is -0.372 e. The Bertz CT molecular complexity index is 1190. The molecule has 2 N–H and O–H groups in total. The molecule has 0 unspecified atom stereocenters. The molecule has 3 heterocycles. The third-order valence-corrected chi connectivity index (χ3v) is 6.52. The number of hydrogen-bond acceptors (Lipinski definition) is 6. The van der Waals surface area contributed by atoms with E-state index in [0.29, 0.717) is 19.0 Å². The summed E-state index contributed by atoms with van der Waals surface area (Å²) in [5.74, 6) is 0.532. The van der Waals surface area contributed by atoms with E-state index in [1.54, 1.807) is 17.1 Å². The normalized spacial score (nSPS) is 18.1. The van der Waals surface area contributed by atoms with E-state index in [4.69, 9.17) is 9.72 Å². The largest absolute Gasteiger partial charge is 0.372 e. The van der Waals surface area contributed by atoms with E-state index < -0.39 is 0 Å². The summed E-state index contributed by atoms with van der Waals surface area (Å²) in [6.45, 7) is 5.37. The van der Waals surface area contributed by atoms with Gasteiger partial charge in [0, 0.05) is 25.0 Å². The van der Waals surface area contributed by atoms with Crippen molar-refractivity contribution in [3.05, 3.63) is 54.0 Å². The molecule has 0 saturated carbocycles. The highest BCUT2D eigenvalue weighted by molar-refractivity contribution is 5.76. The van der Waals surface area contributed by atoms with Gasteiger partial charge in [0.15, 0.2) is 0 Å². The fourth-order valence-electron chi connectivity index (χ4n) is 4.80. The fourth-order valence-corrected chi connectivity index (χ4v) is 4.80. The summed E-state index contributed by atoms with van der Waals surface area (Å²) in [5.41, 5.74) is 5.22. The summed E-state index contributed by atoms with van der Waals surface area (Å²) in [4.78, 5) is 23.7. The first-order chi connectivity index (χ1) is 16.9. The van der Waals surface area contributed by atoms with Crippen molar-refractivity contribution in [3.8, 4) is 11.3 Å². The predicted octanol–water partition coefficient (Wildman–Crippen LogP) is 4.21. The Kier molecular flexibility index (Phi) is 6.68. The fraction of sp³-hybridized carbons (Fsp3) is 0.462. The van der Waals surface area contributed by atoms with E-state index in [-0.39, 0.29) is 24.3 Å². The second kappa shape index (κ2) is 10.0. The second-order valence-electron chi connectivity index (χ2n) is 9.67. The Labute approximate surface area is 205 Å². The molecule has 0 spiro atoms. The molecular formula is C26H33N7O2. The number of nitrogens with one attached hydrogen (secondary N) is 2. The molecule has 0 radical (unpaired) electrons. The number of fused-ring (bicyclic) bond motifs is 1. The van der Waals surface area contributed by atoms with Crippen molar-refractivity contribution in [1.29, 1.82) is 0 Å². The highest BCUT2D eigenvalue weighted by atomic mass is 16.5. The van der Waals surface area contributed by atoms with Gasteiger partial charge in [0.2, 0.25) is 5.95 Å². The molecule has 5 rings (SSSR count). The van der Waals surface area contributed by atoms with Crippen molar-refractivity contribution in [2.45, 2.75) is 57.8 Å². The third kappa shape index (κ3) is 5.45. The standard InChI is InChI=1S/C26H33N7O2/c1-17(2)35-21-15-33(16-21)26(34)31-24-7-5-4-6-18-12-19(8-9-22(18)24)23-10-11-27-25(30-23)29-20-13-28-32(3)14-20/h8-14,17,21,24H,4-7,15-16H2,1-3H3,(H,31,34)(H,27,29,30)/t24-/m1/s1. The van der Waals surface area contributed by atoms with Crippen LogP contribution in [0.4, 0.5) is 16.4 Å². The Morgan fingerprint density at radius 3 is 2.83 bits per heavy atom. The first-order valence-corrected chi connectivity index (χ1v) is 12.4.